The van der Waals surface area contributed by atoms with Gasteiger partial charge in [-0.25, -0.2) is 9.97 Å². The average molecular weight is 306 g/mol. The predicted octanol–water partition coefficient (Wildman–Crippen LogP) is 3.49. The lowest BCUT2D eigenvalue weighted by Gasteiger charge is -2.06. The van der Waals surface area contributed by atoms with E-state index < -0.39 is 0 Å². The van der Waals surface area contributed by atoms with E-state index in [-0.39, 0.29) is 0 Å². The largest absolute Gasteiger partial charge is 0.383 e. The van der Waals surface area contributed by atoms with Crippen LogP contribution < -0.4 is 11.1 Å². The third-order valence-electron chi connectivity index (χ3n) is 3.40. The number of nitrogens with two attached hydrogens (primary N) is 1. The molecule has 6 nitrogen and oxygen atoms in total. The van der Waals surface area contributed by atoms with Gasteiger partial charge in [-0.15, -0.1) is 0 Å². The zero-order chi connectivity index (χ0) is 16.2. The molecule has 3 aromatic rings. The SMILES string of the molecule is C/C=C\C(=C/C)Nc1n[nH]c2nc(-c3ccccc3)nc(N)c12. The molecule has 2 heterocycles. The summed E-state index contributed by atoms with van der Waals surface area (Å²) in [5.41, 5.74) is 8.58. The first kappa shape index (κ1) is 14.8. The molecule has 4 N–H and O–H groups in total. The molecular weight excluding hydrogens is 288 g/mol. The molecule has 0 saturated heterocycles. The number of anilines is 2. The number of hydrogen-bond acceptors (Lipinski definition) is 5. The van der Waals surface area contributed by atoms with E-state index in [1.165, 1.54) is 0 Å². The minimum Gasteiger partial charge on any atom is -0.383 e. The molecule has 1 aromatic carbocycles. The zero-order valence-electron chi connectivity index (χ0n) is 13.0. The second-order valence-corrected chi connectivity index (χ2v) is 4.96. The number of H-pyrrole nitrogens is 1. The minimum absolute atomic E-state index is 0.390. The van der Waals surface area contributed by atoms with E-state index in [9.17, 15) is 0 Å². The number of aromatic amines is 1. The van der Waals surface area contributed by atoms with E-state index in [4.69, 9.17) is 5.73 Å². The number of nitrogens with zero attached hydrogens (tertiary/aromatic N) is 3. The van der Waals surface area contributed by atoms with Crippen molar-refractivity contribution in [2.75, 3.05) is 11.1 Å². The Balaban J connectivity index is 2.05. The van der Waals surface area contributed by atoms with Crippen molar-refractivity contribution in [1.29, 1.82) is 0 Å². The number of hydrogen-bond donors (Lipinski definition) is 3. The van der Waals surface area contributed by atoms with Crippen molar-refractivity contribution < 1.29 is 0 Å². The Morgan fingerprint density at radius 3 is 2.65 bits per heavy atom. The van der Waals surface area contributed by atoms with E-state index in [1.54, 1.807) is 0 Å². The van der Waals surface area contributed by atoms with Crippen molar-refractivity contribution in [1.82, 2.24) is 20.2 Å². The lowest BCUT2D eigenvalue weighted by Crippen LogP contribution is -2.01. The third kappa shape index (κ3) is 2.91. The van der Waals surface area contributed by atoms with Crippen LogP contribution in [-0.4, -0.2) is 20.2 Å². The molecule has 3 rings (SSSR count). The molecule has 116 valence electrons. The van der Waals surface area contributed by atoms with Crippen LogP contribution in [0.4, 0.5) is 11.6 Å². The van der Waals surface area contributed by atoms with Gasteiger partial charge in [-0.3, -0.25) is 5.10 Å². The molecule has 0 atom stereocenters. The number of fused-ring (bicyclic) bond motifs is 1. The summed E-state index contributed by atoms with van der Waals surface area (Å²) in [6.45, 7) is 3.90. The molecule has 0 fully saturated rings. The molecule has 2 aromatic heterocycles. The molecule has 6 heteroatoms. The van der Waals surface area contributed by atoms with Gasteiger partial charge in [0.25, 0.3) is 0 Å². The first-order valence-electron chi connectivity index (χ1n) is 7.36. The lowest BCUT2D eigenvalue weighted by molar-refractivity contribution is 1.09. The number of allylic oxidation sites excluding steroid dienone is 3. The van der Waals surface area contributed by atoms with Gasteiger partial charge in [-0.05, 0) is 19.9 Å². The fraction of sp³-hybridized carbons (Fsp3) is 0.118. The van der Waals surface area contributed by atoms with Gasteiger partial charge in [0.2, 0.25) is 0 Å². The van der Waals surface area contributed by atoms with E-state index in [0.29, 0.717) is 28.5 Å². The Hall–Kier alpha value is -3.15. The molecule has 0 aliphatic heterocycles. The highest BCUT2D eigenvalue weighted by Crippen LogP contribution is 2.27. The first-order chi connectivity index (χ1) is 11.2. The van der Waals surface area contributed by atoms with Crippen LogP contribution >= 0.6 is 0 Å². The number of benzene rings is 1. The number of rotatable bonds is 4. The Kier molecular flexibility index (Phi) is 4.05. The average Bonchev–Trinajstić information content (AvgIpc) is 2.98. The number of aromatic nitrogens is 4. The van der Waals surface area contributed by atoms with Crippen molar-refractivity contribution >= 4 is 22.7 Å². The normalized spacial score (nSPS) is 12.2. The number of nitrogens with one attached hydrogen (secondary N) is 2. The highest BCUT2D eigenvalue weighted by molar-refractivity contribution is 5.97. The van der Waals surface area contributed by atoms with Gasteiger partial charge in [0.05, 0.1) is 0 Å². The highest BCUT2D eigenvalue weighted by Gasteiger charge is 2.14. The van der Waals surface area contributed by atoms with Crippen molar-refractivity contribution in [2.45, 2.75) is 13.8 Å². The van der Waals surface area contributed by atoms with Gasteiger partial charge < -0.3 is 11.1 Å². The number of nitrogen functional groups attached to an aromatic ring is 1. The van der Waals surface area contributed by atoms with Gasteiger partial charge in [0.15, 0.2) is 17.3 Å². The van der Waals surface area contributed by atoms with Crippen molar-refractivity contribution in [3.05, 3.63) is 54.3 Å². The molecular formula is C17H18N6. The van der Waals surface area contributed by atoms with Crippen LogP contribution in [0.2, 0.25) is 0 Å². The van der Waals surface area contributed by atoms with Crippen LogP contribution in [0.5, 0.6) is 0 Å². The smallest absolute Gasteiger partial charge is 0.165 e. The molecule has 0 spiro atoms. The van der Waals surface area contributed by atoms with E-state index >= 15 is 0 Å². The standard InChI is InChI=1S/C17H18N6/c1-3-8-12(4-2)19-16-13-14(18)20-15(21-17(13)23-22-16)11-9-6-5-7-10-11/h3-10H,1-2H3,(H4,18,19,20,21,22,23)/b8-3-,12-4+. The van der Waals surface area contributed by atoms with E-state index in [1.807, 2.05) is 62.4 Å². The third-order valence-corrected chi connectivity index (χ3v) is 3.40. The first-order valence-corrected chi connectivity index (χ1v) is 7.36. The maximum Gasteiger partial charge on any atom is 0.165 e. The van der Waals surface area contributed by atoms with E-state index in [0.717, 1.165) is 11.3 Å². The fourth-order valence-electron chi connectivity index (χ4n) is 2.29. The van der Waals surface area contributed by atoms with E-state index in [2.05, 4.69) is 25.5 Å². The summed E-state index contributed by atoms with van der Waals surface area (Å²) in [6, 6.07) is 9.71. The Morgan fingerprint density at radius 1 is 1.17 bits per heavy atom. The summed E-state index contributed by atoms with van der Waals surface area (Å²) in [6.07, 6.45) is 5.86. The van der Waals surface area contributed by atoms with Crippen molar-refractivity contribution in [3.63, 3.8) is 0 Å². The molecule has 0 bridgehead atoms. The maximum atomic E-state index is 6.14. The molecule has 0 unspecified atom stereocenters. The maximum absolute atomic E-state index is 6.14. The molecule has 0 aliphatic rings. The second-order valence-electron chi connectivity index (χ2n) is 4.96. The van der Waals surface area contributed by atoms with Crippen LogP contribution in [0, 0.1) is 0 Å². The Morgan fingerprint density at radius 2 is 1.96 bits per heavy atom. The summed E-state index contributed by atoms with van der Waals surface area (Å²) in [5, 5.41) is 11.1. The van der Waals surface area contributed by atoms with Gasteiger partial charge >= 0.3 is 0 Å². The molecule has 23 heavy (non-hydrogen) atoms. The van der Waals surface area contributed by atoms with Crippen LogP contribution in [0.1, 0.15) is 13.8 Å². The molecule has 0 aliphatic carbocycles. The molecule has 0 radical (unpaired) electrons. The minimum atomic E-state index is 0.390. The fourth-order valence-corrected chi connectivity index (χ4v) is 2.29. The van der Waals surface area contributed by atoms with Crippen LogP contribution in [0.15, 0.2) is 54.3 Å². The quantitative estimate of drug-likeness (QED) is 0.642. The summed E-state index contributed by atoms with van der Waals surface area (Å²) in [4.78, 5) is 8.93. The topological polar surface area (TPSA) is 92.5 Å². The van der Waals surface area contributed by atoms with Crippen molar-refractivity contribution in [3.8, 4) is 11.4 Å². The van der Waals surface area contributed by atoms with Crippen LogP contribution in [-0.2, 0) is 0 Å². The Labute approximate surface area is 134 Å². The molecule has 0 amide bonds. The predicted molar refractivity (Wildman–Crippen MR) is 93.7 cm³/mol. The lowest BCUT2D eigenvalue weighted by atomic mass is 10.2. The second kappa shape index (κ2) is 6.31. The molecule has 0 saturated carbocycles. The van der Waals surface area contributed by atoms with Gasteiger partial charge in [-0.2, -0.15) is 5.10 Å². The summed E-state index contributed by atoms with van der Waals surface area (Å²) >= 11 is 0. The van der Waals surface area contributed by atoms with Crippen LogP contribution in [0.3, 0.4) is 0 Å². The Bertz CT molecular complexity index is 877. The zero-order valence-corrected chi connectivity index (χ0v) is 13.0. The van der Waals surface area contributed by atoms with Crippen molar-refractivity contribution in [2.24, 2.45) is 0 Å². The monoisotopic (exact) mass is 306 g/mol. The summed E-state index contributed by atoms with van der Waals surface area (Å²) in [5.74, 6) is 1.58. The summed E-state index contributed by atoms with van der Waals surface area (Å²) in [7, 11) is 0. The van der Waals surface area contributed by atoms with Gasteiger partial charge in [0, 0.05) is 11.3 Å². The van der Waals surface area contributed by atoms with Crippen LogP contribution in [0.25, 0.3) is 22.4 Å². The van der Waals surface area contributed by atoms with Gasteiger partial charge in [-0.1, -0.05) is 42.5 Å². The summed E-state index contributed by atoms with van der Waals surface area (Å²) < 4.78 is 0. The van der Waals surface area contributed by atoms with Gasteiger partial charge in [0.1, 0.15) is 11.2 Å². The highest BCUT2D eigenvalue weighted by atomic mass is 15.2.